The Kier molecular flexibility index (Phi) is 4.37. The van der Waals surface area contributed by atoms with Gasteiger partial charge in [0.25, 0.3) is 0 Å². The normalized spacial score (nSPS) is 12.5. The highest BCUT2D eigenvalue weighted by Gasteiger charge is 2.17. The van der Waals surface area contributed by atoms with E-state index in [0.717, 1.165) is 6.07 Å². The number of carboxylic acids is 1. The Morgan fingerprint density at radius 3 is 2.69 bits per heavy atom. The average molecular weight is 294 g/mol. The van der Waals surface area contributed by atoms with Gasteiger partial charge < -0.3 is 10.8 Å². The summed E-state index contributed by atoms with van der Waals surface area (Å²) in [7, 11) is 0. The maximum absolute atomic E-state index is 13.5. The molecule has 1 unspecified atom stereocenters. The second-order valence-corrected chi connectivity index (χ2v) is 4.10. The Hall–Kier alpha value is -1.01. The number of halogens is 3. The zero-order valence-corrected chi connectivity index (χ0v) is 9.80. The summed E-state index contributed by atoms with van der Waals surface area (Å²) < 4.78 is 26.2. The summed E-state index contributed by atoms with van der Waals surface area (Å²) in [5.41, 5.74) is 5.72. The van der Waals surface area contributed by atoms with E-state index in [1.165, 1.54) is 6.07 Å². The molecule has 0 spiro atoms. The second-order valence-electron chi connectivity index (χ2n) is 3.30. The largest absolute Gasteiger partial charge is 0.481 e. The average Bonchev–Trinajstić information content (AvgIpc) is 2.23. The van der Waals surface area contributed by atoms with Gasteiger partial charge in [-0.25, -0.2) is 8.78 Å². The van der Waals surface area contributed by atoms with Crippen LogP contribution in [0.2, 0.25) is 0 Å². The molecular weight excluding hydrogens is 284 g/mol. The van der Waals surface area contributed by atoms with Crippen LogP contribution in [-0.4, -0.2) is 11.1 Å². The molecule has 0 saturated heterocycles. The molecule has 6 heteroatoms. The first kappa shape index (κ1) is 13.1. The van der Waals surface area contributed by atoms with Gasteiger partial charge in [-0.2, -0.15) is 0 Å². The third-order valence-electron chi connectivity index (χ3n) is 2.13. The predicted molar refractivity (Wildman–Crippen MR) is 57.9 cm³/mol. The van der Waals surface area contributed by atoms with Crippen molar-refractivity contribution >= 4 is 21.9 Å². The van der Waals surface area contributed by atoms with Crippen molar-refractivity contribution in [2.24, 2.45) is 5.73 Å². The molecular formula is C10H10BrF2NO2. The van der Waals surface area contributed by atoms with E-state index in [1.54, 1.807) is 0 Å². The highest BCUT2D eigenvalue weighted by molar-refractivity contribution is 9.10. The quantitative estimate of drug-likeness (QED) is 0.839. The van der Waals surface area contributed by atoms with Crippen LogP contribution in [0, 0.1) is 11.6 Å². The minimum atomic E-state index is -1.00. The lowest BCUT2D eigenvalue weighted by atomic mass is 10.0. The summed E-state index contributed by atoms with van der Waals surface area (Å²) in [5, 5.41) is 8.46. The number of nitrogens with two attached hydrogens (primary N) is 1. The molecule has 16 heavy (non-hydrogen) atoms. The van der Waals surface area contributed by atoms with Gasteiger partial charge in [-0.15, -0.1) is 0 Å². The van der Waals surface area contributed by atoms with Crippen LogP contribution in [-0.2, 0) is 4.79 Å². The minimum absolute atomic E-state index is 0.102. The Balaban J connectivity index is 2.87. The molecule has 88 valence electrons. The Bertz CT molecular complexity index is 412. The first-order valence-corrected chi connectivity index (χ1v) is 5.33. The van der Waals surface area contributed by atoms with E-state index in [1.807, 2.05) is 0 Å². The van der Waals surface area contributed by atoms with Crippen molar-refractivity contribution in [3.63, 3.8) is 0 Å². The van der Waals surface area contributed by atoms with Crippen molar-refractivity contribution in [1.29, 1.82) is 0 Å². The SMILES string of the molecule is NC(CCC(=O)O)c1ccc(F)c(Br)c1F. The molecule has 3 N–H and O–H groups in total. The van der Waals surface area contributed by atoms with E-state index in [9.17, 15) is 13.6 Å². The highest BCUT2D eigenvalue weighted by Crippen LogP contribution is 2.27. The monoisotopic (exact) mass is 293 g/mol. The number of benzene rings is 1. The standard InChI is InChI=1S/C10H10BrF2NO2/c11-9-6(12)2-1-5(10(9)13)7(14)3-4-8(15)16/h1-2,7H,3-4,14H2,(H,15,16). The number of carboxylic acid groups (broad SMARTS) is 1. The van der Waals surface area contributed by atoms with E-state index >= 15 is 0 Å². The molecule has 0 aliphatic carbocycles. The van der Waals surface area contributed by atoms with E-state index in [2.05, 4.69) is 15.9 Å². The van der Waals surface area contributed by atoms with Crippen LogP contribution in [0.5, 0.6) is 0 Å². The molecule has 0 amide bonds. The highest BCUT2D eigenvalue weighted by atomic mass is 79.9. The van der Waals surface area contributed by atoms with E-state index in [-0.39, 0.29) is 22.9 Å². The Morgan fingerprint density at radius 1 is 1.50 bits per heavy atom. The van der Waals surface area contributed by atoms with Crippen molar-refractivity contribution in [2.45, 2.75) is 18.9 Å². The van der Waals surface area contributed by atoms with Crippen LogP contribution in [0.4, 0.5) is 8.78 Å². The van der Waals surface area contributed by atoms with Gasteiger partial charge in [-0.05, 0) is 28.4 Å². The molecule has 1 rings (SSSR count). The third-order valence-corrected chi connectivity index (χ3v) is 2.86. The van der Waals surface area contributed by atoms with E-state index in [0.29, 0.717) is 0 Å². The summed E-state index contributed by atoms with van der Waals surface area (Å²) >= 11 is 2.76. The number of carbonyl (C=O) groups is 1. The van der Waals surface area contributed by atoms with Gasteiger partial charge in [-0.3, -0.25) is 4.79 Å². The van der Waals surface area contributed by atoms with E-state index in [4.69, 9.17) is 10.8 Å². The summed E-state index contributed by atoms with van der Waals surface area (Å²) in [6.07, 6.45) is -0.0556. The molecule has 0 radical (unpaired) electrons. The van der Waals surface area contributed by atoms with Crippen LogP contribution in [0.25, 0.3) is 0 Å². The first-order chi connectivity index (χ1) is 7.43. The molecule has 0 saturated carbocycles. The number of aliphatic carboxylic acids is 1. The van der Waals surface area contributed by atoms with Crippen LogP contribution in [0.1, 0.15) is 24.4 Å². The predicted octanol–water partition coefficient (Wildman–Crippen LogP) is 2.59. The topological polar surface area (TPSA) is 63.3 Å². The lowest BCUT2D eigenvalue weighted by molar-refractivity contribution is -0.137. The van der Waals surface area contributed by atoms with Crippen molar-refractivity contribution < 1.29 is 18.7 Å². The summed E-state index contributed by atoms with van der Waals surface area (Å²) in [6.45, 7) is 0. The maximum atomic E-state index is 13.5. The Labute approximate surface area is 99.4 Å². The molecule has 1 aromatic rings. The van der Waals surface area contributed by atoms with Crippen molar-refractivity contribution in [1.82, 2.24) is 0 Å². The number of rotatable bonds is 4. The van der Waals surface area contributed by atoms with Gasteiger partial charge in [0.1, 0.15) is 11.6 Å². The zero-order valence-electron chi connectivity index (χ0n) is 8.21. The molecule has 3 nitrogen and oxygen atoms in total. The van der Waals surface area contributed by atoms with Crippen molar-refractivity contribution in [3.8, 4) is 0 Å². The lowest BCUT2D eigenvalue weighted by Gasteiger charge is -2.12. The molecule has 0 fully saturated rings. The smallest absolute Gasteiger partial charge is 0.303 e. The molecule has 0 aromatic heterocycles. The van der Waals surface area contributed by atoms with Gasteiger partial charge in [0.05, 0.1) is 4.47 Å². The van der Waals surface area contributed by atoms with Gasteiger partial charge in [-0.1, -0.05) is 6.07 Å². The number of hydrogen-bond acceptors (Lipinski definition) is 2. The minimum Gasteiger partial charge on any atom is -0.481 e. The molecule has 0 aliphatic heterocycles. The van der Waals surface area contributed by atoms with Crippen LogP contribution in [0.15, 0.2) is 16.6 Å². The first-order valence-electron chi connectivity index (χ1n) is 4.54. The van der Waals surface area contributed by atoms with Gasteiger partial charge in [0.15, 0.2) is 0 Å². The zero-order chi connectivity index (χ0) is 12.3. The van der Waals surface area contributed by atoms with Crippen molar-refractivity contribution in [3.05, 3.63) is 33.8 Å². The van der Waals surface area contributed by atoms with E-state index < -0.39 is 23.6 Å². The molecule has 0 bridgehead atoms. The fourth-order valence-electron chi connectivity index (χ4n) is 1.26. The van der Waals surface area contributed by atoms with Crippen LogP contribution in [0.3, 0.4) is 0 Å². The third kappa shape index (κ3) is 2.99. The van der Waals surface area contributed by atoms with Gasteiger partial charge >= 0.3 is 5.97 Å². The summed E-state index contributed by atoms with van der Waals surface area (Å²) in [4.78, 5) is 10.3. The fraction of sp³-hybridized carbons (Fsp3) is 0.300. The molecule has 1 aromatic carbocycles. The van der Waals surface area contributed by atoms with Crippen LogP contribution < -0.4 is 5.73 Å². The van der Waals surface area contributed by atoms with Gasteiger partial charge in [0.2, 0.25) is 0 Å². The number of hydrogen-bond donors (Lipinski definition) is 2. The molecule has 0 heterocycles. The lowest BCUT2D eigenvalue weighted by Crippen LogP contribution is -2.14. The van der Waals surface area contributed by atoms with Crippen LogP contribution >= 0.6 is 15.9 Å². The maximum Gasteiger partial charge on any atom is 0.303 e. The summed E-state index contributed by atoms with van der Waals surface area (Å²) in [5.74, 6) is -2.50. The van der Waals surface area contributed by atoms with Crippen molar-refractivity contribution in [2.75, 3.05) is 0 Å². The Morgan fingerprint density at radius 2 is 2.12 bits per heavy atom. The van der Waals surface area contributed by atoms with Gasteiger partial charge in [0, 0.05) is 18.0 Å². The fourth-order valence-corrected chi connectivity index (χ4v) is 1.62. The molecule has 1 atom stereocenters. The molecule has 0 aliphatic rings. The summed E-state index contributed by atoms with van der Waals surface area (Å²) in [6, 6.07) is 1.55. The second kappa shape index (κ2) is 5.36.